The molecule has 1 heterocycles. The summed E-state index contributed by atoms with van der Waals surface area (Å²) >= 11 is 0. The molecule has 0 aliphatic carbocycles. The van der Waals surface area contributed by atoms with Gasteiger partial charge in [-0.3, -0.25) is 0 Å². The fourth-order valence-corrected chi connectivity index (χ4v) is 4.30. The molecule has 1 aromatic carbocycles. The van der Waals surface area contributed by atoms with Crippen LogP contribution in [0.5, 0.6) is 0 Å². The second-order valence-corrected chi connectivity index (χ2v) is 19.0. The second kappa shape index (κ2) is 6.64. The standard InChI is InChI=1S/C18H28N2OSi2/c1-8-17-16-13-15(23(5,6)7)9-10-18(16)20(19-17)14-21-11-12-22(2,3)4/h1,9-10,13H,11-12,14H2,2-7H3. The summed E-state index contributed by atoms with van der Waals surface area (Å²) in [5.41, 5.74) is 1.78. The number of aromatic nitrogens is 2. The fourth-order valence-electron chi connectivity index (χ4n) is 2.38. The number of ether oxygens (including phenoxy) is 1. The normalized spacial score (nSPS) is 12.6. The molecule has 0 N–H and O–H groups in total. The summed E-state index contributed by atoms with van der Waals surface area (Å²) < 4.78 is 7.73. The summed E-state index contributed by atoms with van der Waals surface area (Å²) in [4.78, 5) is 0. The lowest BCUT2D eigenvalue weighted by atomic mass is 10.2. The first kappa shape index (κ1) is 18.0. The van der Waals surface area contributed by atoms with Crippen LogP contribution >= 0.6 is 0 Å². The molecule has 0 bridgehead atoms. The van der Waals surface area contributed by atoms with Crippen molar-refractivity contribution in [2.24, 2.45) is 0 Å². The van der Waals surface area contributed by atoms with Gasteiger partial charge in [-0.25, -0.2) is 4.68 Å². The van der Waals surface area contributed by atoms with Gasteiger partial charge in [-0.1, -0.05) is 56.6 Å². The Morgan fingerprint density at radius 1 is 1.17 bits per heavy atom. The summed E-state index contributed by atoms with van der Waals surface area (Å²) in [5.74, 6) is 2.72. The van der Waals surface area contributed by atoms with Gasteiger partial charge >= 0.3 is 0 Å². The fraction of sp³-hybridized carbons (Fsp3) is 0.500. The smallest absolute Gasteiger partial charge is 0.142 e. The van der Waals surface area contributed by atoms with E-state index in [0.717, 1.165) is 23.6 Å². The lowest BCUT2D eigenvalue weighted by Crippen LogP contribution is -2.37. The summed E-state index contributed by atoms with van der Waals surface area (Å²) in [6, 6.07) is 7.74. The Kier molecular flexibility index (Phi) is 5.19. The predicted octanol–water partition coefficient (Wildman–Crippen LogP) is 3.88. The Hall–Kier alpha value is -1.36. The van der Waals surface area contributed by atoms with Crippen LogP contribution in [0.3, 0.4) is 0 Å². The third-order valence-electron chi connectivity index (χ3n) is 3.96. The molecule has 2 aromatic rings. The van der Waals surface area contributed by atoms with Gasteiger partial charge in [0.15, 0.2) is 0 Å². The third kappa shape index (κ3) is 4.57. The van der Waals surface area contributed by atoms with Crippen molar-refractivity contribution in [2.75, 3.05) is 6.61 Å². The van der Waals surface area contributed by atoms with E-state index < -0.39 is 16.1 Å². The highest BCUT2D eigenvalue weighted by atomic mass is 28.3. The molecule has 0 saturated carbocycles. The Bertz CT molecular complexity index is 730. The van der Waals surface area contributed by atoms with Crippen LogP contribution in [0.25, 0.3) is 10.9 Å². The highest BCUT2D eigenvalue weighted by Gasteiger charge is 2.19. The molecule has 0 spiro atoms. The van der Waals surface area contributed by atoms with Gasteiger partial charge in [0, 0.05) is 20.1 Å². The van der Waals surface area contributed by atoms with Gasteiger partial charge in [0.05, 0.1) is 13.6 Å². The van der Waals surface area contributed by atoms with E-state index in [9.17, 15) is 0 Å². The lowest BCUT2D eigenvalue weighted by molar-refractivity contribution is 0.0816. The molecule has 23 heavy (non-hydrogen) atoms. The zero-order chi connectivity index (χ0) is 17.3. The van der Waals surface area contributed by atoms with E-state index in [1.807, 2.05) is 4.68 Å². The summed E-state index contributed by atoms with van der Waals surface area (Å²) in [6.07, 6.45) is 5.65. The van der Waals surface area contributed by atoms with Crippen molar-refractivity contribution in [3.05, 3.63) is 23.9 Å². The van der Waals surface area contributed by atoms with Crippen molar-refractivity contribution < 1.29 is 4.74 Å². The minimum Gasteiger partial charge on any atom is -0.360 e. The summed E-state index contributed by atoms with van der Waals surface area (Å²) in [5, 5.41) is 7.02. The molecule has 5 heteroatoms. The lowest BCUT2D eigenvalue weighted by Gasteiger charge is -2.17. The topological polar surface area (TPSA) is 27.1 Å². The van der Waals surface area contributed by atoms with Crippen molar-refractivity contribution in [3.8, 4) is 12.3 Å². The van der Waals surface area contributed by atoms with E-state index in [-0.39, 0.29) is 0 Å². The predicted molar refractivity (Wildman–Crippen MR) is 105 cm³/mol. The molecular formula is C18H28N2OSi2. The SMILES string of the molecule is C#Cc1nn(COCC[Si](C)(C)C)c2ccc([Si](C)(C)C)cc12. The Balaban J connectivity index is 2.23. The third-order valence-corrected chi connectivity index (χ3v) is 7.71. The first-order chi connectivity index (χ1) is 10.6. The Morgan fingerprint density at radius 3 is 2.43 bits per heavy atom. The molecule has 0 atom stereocenters. The zero-order valence-corrected chi connectivity index (χ0v) is 17.2. The highest BCUT2D eigenvalue weighted by molar-refractivity contribution is 6.88. The van der Waals surface area contributed by atoms with Gasteiger partial charge in [-0.05, 0) is 18.0 Å². The molecule has 2 rings (SSSR count). The van der Waals surface area contributed by atoms with E-state index in [1.165, 1.54) is 5.19 Å². The number of fused-ring (bicyclic) bond motifs is 1. The van der Waals surface area contributed by atoms with Crippen LogP contribution in [0.4, 0.5) is 0 Å². The second-order valence-electron chi connectivity index (χ2n) is 8.32. The maximum atomic E-state index is 5.83. The van der Waals surface area contributed by atoms with Crippen molar-refractivity contribution in [1.29, 1.82) is 0 Å². The van der Waals surface area contributed by atoms with Crippen LogP contribution < -0.4 is 5.19 Å². The first-order valence-corrected chi connectivity index (χ1v) is 15.4. The van der Waals surface area contributed by atoms with Crippen LogP contribution in [0.15, 0.2) is 18.2 Å². The van der Waals surface area contributed by atoms with Crippen molar-refractivity contribution in [3.63, 3.8) is 0 Å². The molecule has 3 nitrogen and oxygen atoms in total. The number of hydrogen-bond acceptors (Lipinski definition) is 2. The molecule has 0 amide bonds. The van der Waals surface area contributed by atoms with Crippen molar-refractivity contribution in [2.45, 2.75) is 52.1 Å². The minimum atomic E-state index is -1.36. The van der Waals surface area contributed by atoms with Crippen LogP contribution in [-0.2, 0) is 11.5 Å². The molecule has 0 aliphatic heterocycles. The maximum Gasteiger partial charge on any atom is 0.142 e. The molecule has 0 aliphatic rings. The first-order valence-electron chi connectivity index (χ1n) is 8.17. The van der Waals surface area contributed by atoms with Crippen LogP contribution in [0.1, 0.15) is 5.69 Å². The molecule has 0 saturated heterocycles. The molecule has 0 fully saturated rings. The minimum absolute atomic E-state index is 0.467. The largest absolute Gasteiger partial charge is 0.360 e. The van der Waals surface area contributed by atoms with E-state index in [2.05, 4.69) is 68.5 Å². The number of benzene rings is 1. The van der Waals surface area contributed by atoms with Gasteiger partial charge in [-0.15, -0.1) is 6.42 Å². The van der Waals surface area contributed by atoms with E-state index in [4.69, 9.17) is 11.2 Å². The average Bonchev–Trinajstić information content (AvgIpc) is 2.79. The Labute approximate surface area is 142 Å². The molecule has 0 unspecified atom stereocenters. The number of terminal acetylenes is 1. The highest BCUT2D eigenvalue weighted by Crippen LogP contribution is 2.19. The molecule has 0 radical (unpaired) electrons. The Morgan fingerprint density at radius 2 is 1.87 bits per heavy atom. The van der Waals surface area contributed by atoms with Crippen LogP contribution in [0, 0.1) is 12.3 Å². The molecule has 1 aromatic heterocycles. The van der Waals surface area contributed by atoms with Gasteiger partial charge in [0.2, 0.25) is 0 Å². The summed E-state index contributed by atoms with van der Waals surface area (Å²) in [6.45, 7) is 15.3. The monoisotopic (exact) mass is 344 g/mol. The van der Waals surface area contributed by atoms with E-state index >= 15 is 0 Å². The van der Waals surface area contributed by atoms with Gasteiger partial charge in [0.1, 0.15) is 12.4 Å². The zero-order valence-electron chi connectivity index (χ0n) is 15.2. The average molecular weight is 345 g/mol. The van der Waals surface area contributed by atoms with E-state index in [0.29, 0.717) is 12.4 Å². The molecular weight excluding hydrogens is 316 g/mol. The number of nitrogens with zero attached hydrogens (tertiary/aromatic N) is 2. The van der Waals surface area contributed by atoms with Gasteiger partial charge in [0.25, 0.3) is 0 Å². The van der Waals surface area contributed by atoms with Crippen LogP contribution in [-0.4, -0.2) is 32.5 Å². The van der Waals surface area contributed by atoms with Gasteiger partial charge in [-0.2, -0.15) is 5.10 Å². The summed E-state index contributed by atoms with van der Waals surface area (Å²) in [7, 11) is -2.42. The number of hydrogen-bond donors (Lipinski definition) is 0. The van der Waals surface area contributed by atoms with Crippen LogP contribution in [0.2, 0.25) is 45.3 Å². The van der Waals surface area contributed by atoms with Gasteiger partial charge < -0.3 is 4.74 Å². The van der Waals surface area contributed by atoms with E-state index in [1.54, 1.807) is 0 Å². The quantitative estimate of drug-likeness (QED) is 0.452. The van der Waals surface area contributed by atoms with Crippen molar-refractivity contribution in [1.82, 2.24) is 9.78 Å². The maximum absolute atomic E-state index is 5.83. The molecule has 124 valence electrons. The van der Waals surface area contributed by atoms with Crippen molar-refractivity contribution >= 4 is 32.2 Å². The number of rotatable bonds is 6.